The van der Waals surface area contributed by atoms with Crippen molar-refractivity contribution in [2.24, 2.45) is 0 Å². The number of H-pyrrole nitrogens is 6. The fraction of sp³-hybridized carbons (Fsp3) is 0. The van der Waals surface area contributed by atoms with Crippen LogP contribution in [-0.4, -0.2) is 59.8 Å². The van der Waals surface area contributed by atoms with Gasteiger partial charge in [0.05, 0.1) is 0 Å². The number of imidazole rings is 6. The van der Waals surface area contributed by atoms with Gasteiger partial charge in [0.1, 0.15) is 0 Å². The Morgan fingerprint density at radius 2 is 0.548 bits per heavy atom. The predicted octanol–water partition coefficient (Wildman–Crippen LogP) is -2.50. The normalized spacial score (nSPS) is 14.3. The molecular weight excluding hydrogens is 443 g/mol. The zero-order valence-corrected chi connectivity index (χ0v) is 17.0. The van der Waals surface area contributed by atoms with E-state index in [0.29, 0.717) is 28.6 Å². The molecule has 6 rings (SSSR count). The molecule has 31 heavy (non-hydrogen) atoms. The molecule has 0 saturated carbocycles. The minimum atomic E-state index is -5.18. The molecule has 0 atom stereocenters. The Kier molecular flexibility index (Phi) is 3.22. The van der Waals surface area contributed by atoms with Crippen molar-refractivity contribution in [2.75, 3.05) is 0 Å². The Labute approximate surface area is 173 Å². The number of nitrogens with one attached hydrogen (secondary N) is 6. The van der Waals surface area contributed by atoms with Crippen LogP contribution in [0.3, 0.4) is 0 Å². The van der Waals surface area contributed by atoms with E-state index in [-0.39, 0.29) is 0 Å². The van der Waals surface area contributed by atoms with Gasteiger partial charge in [0, 0.05) is 0 Å². The SMILES string of the molecule is c1c[nH][c]([Co]([c]2ncc[nH]2)([c]2ncc[nH]2)([c]2ncc[nH]2)([c]2ncc[nH]2)[c]2ncc[nH]2)n1. The van der Waals surface area contributed by atoms with Crippen LogP contribution in [0.15, 0.2) is 74.4 Å². The van der Waals surface area contributed by atoms with Crippen molar-refractivity contribution < 1.29 is 10.5 Å². The first-order chi connectivity index (χ1) is 15.3. The second kappa shape index (κ2) is 5.68. The zero-order chi connectivity index (χ0) is 20.8. The van der Waals surface area contributed by atoms with E-state index in [0.717, 1.165) is 0 Å². The number of aromatic nitrogens is 12. The number of hydrogen-bond donors (Lipinski definition) is 6. The number of rotatable bonds is 6. The summed E-state index contributed by atoms with van der Waals surface area (Å²) in [5.41, 5.74) is 0. The molecule has 6 aromatic heterocycles. The fourth-order valence-corrected chi connectivity index (χ4v) is 12.7. The van der Waals surface area contributed by atoms with Crippen LogP contribution in [0.5, 0.6) is 0 Å². The van der Waals surface area contributed by atoms with E-state index in [1.165, 1.54) is 0 Å². The van der Waals surface area contributed by atoms with E-state index in [1.54, 1.807) is 74.4 Å². The van der Waals surface area contributed by atoms with E-state index in [2.05, 4.69) is 29.9 Å². The molecule has 0 saturated heterocycles. The molecule has 0 unspecified atom stereocenters. The van der Waals surface area contributed by atoms with Crippen molar-refractivity contribution in [1.82, 2.24) is 59.8 Å². The van der Waals surface area contributed by atoms with E-state index in [9.17, 15) is 0 Å². The van der Waals surface area contributed by atoms with Gasteiger partial charge in [-0.2, -0.15) is 0 Å². The van der Waals surface area contributed by atoms with Gasteiger partial charge in [-0.25, -0.2) is 0 Å². The van der Waals surface area contributed by atoms with Gasteiger partial charge in [0.15, 0.2) is 0 Å². The first-order valence-corrected chi connectivity index (χ1v) is 12.2. The molecule has 6 N–H and O–H groups in total. The second-order valence-electron chi connectivity index (χ2n) is 6.40. The maximum atomic E-state index is 4.82. The number of nitrogens with zero attached hydrogens (tertiary/aromatic N) is 6. The molecule has 0 aliphatic rings. The van der Waals surface area contributed by atoms with Crippen LogP contribution in [0, 0.1) is 0 Å². The number of aromatic amines is 6. The summed E-state index contributed by atoms with van der Waals surface area (Å²) in [5, 5.41) is 0. The van der Waals surface area contributed by atoms with Crippen molar-refractivity contribution in [3.05, 3.63) is 74.4 Å². The molecule has 0 fully saturated rings. The summed E-state index contributed by atoms with van der Waals surface area (Å²) < 4.78 is 3.13. The molecular formula is C18H18CoN12. The first-order valence-electron chi connectivity index (χ1n) is 9.12. The molecule has 13 heteroatoms. The van der Waals surface area contributed by atoms with Crippen LogP contribution >= 0.6 is 0 Å². The topological polar surface area (TPSA) is 172 Å². The molecule has 0 aliphatic carbocycles. The third-order valence-corrected chi connectivity index (χ3v) is 14.2. The summed E-state index contributed by atoms with van der Waals surface area (Å²) in [4.78, 5) is 49.0. The van der Waals surface area contributed by atoms with Crippen LogP contribution in [-0.2, 0) is 10.5 Å². The Morgan fingerprint density at radius 1 is 0.355 bits per heavy atom. The van der Waals surface area contributed by atoms with Crippen molar-refractivity contribution in [2.45, 2.75) is 0 Å². The van der Waals surface area contributed by atoms with Crippen LogP contribution in [0.4, 0.5) is 0 Å². The van der Waals surface area contributed by atoms with E-state index in [1.807, 2.05) is 0 Å². The molecule has 0 bridgehead atoms. The van der Waals surface area contributed by atoms with Crippen molar-refractivity contribution >= 4 is 28.6 Å². The van der Waals surface area contributed by atoms with Crippen LogP contribution in [0.1, 0.15) is 0 Å². The third-order valence-electron chi connectivity index (χ3n) is 5.08. The van der Waals surface area contributed by atoms with Gasteiger partial charge in [-0.15, -0.1) is 0 Å². The van der Waals surface area contributed by atoms with Crippen LogP contribution < -0.4 is 28.6 Å². The molecule has 12 nitrogen and oxygen atoms in total. The second-order valence-corrected chi connectivity index (χ2v) is 13.3. The monoisotopic (exact) mass is 461 g/mol. The van der Waals surface area contributed by atoms with Crippen molar-refractivity contribution in [1.29, 1.82) is 0 Å². The Bertz CT molecular complexity index is 1090. The molecule has 0 radical (unpaired) electrons. The van der Waals surface area contributed by atoms with E-state index < -0.39 is 10.5 Å². The standard InChI is InChI=1S/6C3H3N2.Co/c6*1-2-5-3-4-1;/h6*1-2H,(H,4,5);. The van der Waals surface area contributed by atoms with E-state index in [4.69, 9.17) is 29.9 Å². The Morgan fingerprint density at radius 3 is 0.677 bits per heavy atom. The molecule has 6 aromatic rings. The van der Waals surface area contributed by atoms with Gasteiger partial charge >= 0.3 is 173 Å². The van der Waals surface area contributed by atoms with Crippen molar-refractivity contribution in [3.8, 4) is 0 Å². The van der Waals surface area contributed by atoms with Gasteiger partial charge in [-0.05, 0) is 0 Å². The van der Waals surface area contributed by atoms with Gasteiger partial charge < -0.3 is 0 Å². The quantitative estimate of drug-likeness (QED) is 0.160. The predicted molar refractivity (Wildman–Crippen MR) is 109 cm³/mol. The summed E-state index contributed by atoms with van der Waals surface area (Å²) >= 11 is 0. The minimum absolute atomic E-state index is 0.522. The summed E-state index contributed by atoms with van der Waals surface area (Å²) in [6, 6.07) is 0. The van der Waals surface area contributed by atoms with Crippen LogP contribution in [0.25, 0.3) is 0 Å². The molecule has 159 valence electrons. The molecule has 0 aromatic carbocycles. The average Bonchev–Trinajstić information content (AvgIpc) is 3.68. The summed E-state index contributed by atoms with van der Waals surface area (Å²) in [7, 11) is -5.18. The molecule has 0 spiro atoms. The van der Waals surface area contributed by atoms with Gasteiger partial charge in [0.25, 0.3) is 0 Å². The maximum absolute atomic E-state index is 5.18. The zero-order valence-electron chi connectivity index (χ0n) is 15.9. The van der Waals surface area contributed by atoms with Gasteiger partial charge in [-0.3, -0.25) is 0 Å². The average molecular weight is 461 g/mol. The Balaban J connectivity index is 2.12. The van der Waals surface area contributed by atoms with Gasteiger partial charge in [-0.1, -0.05) is 0 Å². The Hall–Kier alpha value is -4.23. The first kappa shape index (κ1) is 17.6. The van der Waals surface area contributed by atoms with E-state index >= 15 is 0 Å². The summed E-state index contributed by atoms with van der Waals surface area (Å²) in [5.74, 6) is 0. The summed E-state index contributed by atoms with van der Waals surface area (Å²) in [6.07, 6.45) is 20.6. The number of hydrogen-bond acceptors (Lipinski definition) is 6. The van der Waals surface area contributed by atoms with Crippen molar-refractivity contribution in [3.63, 3.8) is 0 Å². The molecule has 6 heterocycles. The fourth-order valence-electron chi connectivity index (χ4n) is 3.92. The van der Waals surface area contributed by atoms with Crippen LogP contribution in [0.2, 0.25) is 0 Å². The molecule has 0 amide bonds. The third kappa shape index (κ3) is 1.52. The van der Waals surface area contributed by atoms with Gasteiger partial charge in [0.2, 0.25) is 0 Å². The summed E-state index contributed by atoms with van der Waals surface area (Å²) in [6.45, 7) is 0. The molecule has 0 aliphatic heterocycles.